The second kappa shape index (κ2) is 5.07. The van der Waals surface area contributed by atoms with Crippen molar-refractivity contribution < 1.29 is 9.18 Å². The van der Waals surface area contributed by atoms with Crippen LogP contribution in [0.25, 0.3) is 0 Å². The number of carbonyl (C=O) groups is 1. The standard InChI is InChI=1S/C15H21FN4O/c16-6-11-7-20(13(21)5-9-1-2-9)8-12(11)15-17-14(18-19-15)10-3-4-10/h9-12H,1-8H2,(H,17,18,19)/t11-,12-/m1/s1. The number of H-pyrrole nitrogens is 1. The predicted octanol–water partition coefficient (Wildman–Crippen LogP) is 1.99. The molecule has 2 heterocycles. The van der Waals surface area contributed by atoms with Gasteiger partial charge in [0, 0.05) is 37.3 Å². The number of likely N-dealkylation sites (tertiary alicyclic amines) is 1. The van der Waals surface area contributed by atoms with E-state index in [0.29, 0.717) is 31.3 Å². The largest absolute Gasteiger partial charge is 0.342 e. The second-order valence-corrected chi connectivity index (χ2v) is 6.82. The first-order valence-corrected chi connectivity index (χ1v) is 8.00. The monoisotopic (exact) mass is 292 g/mol. The number of halogens is 1. The van der Waals surface area contributed by atoms with Gasteiger partial charge in [0.05, 0.1) is 6.67 Å². The van der Waals surface area contributed by atoms with E-state index in [1.165, 1.54) is 12.8 Å². The van der Waals surface area contributed by atoms with Gasteiger partial charge in [-0.2, -0.15) is 5.10 Å². The molecule has 1 aliphatic heterocycles. The molecule has 2 saturated carbocycles. The van der Waals surface area contributed by atoms with Crippen LogP contribution < -0.4 is 0 Å². The van der Waals surface area contributed by atoms with E-state index >= 15 is 0 Å². The molecule has 3 fully saturated rings. The highest BCUT2D eigenvalue weighted by Crippen LogP contribution is 2.40. The third-order valence-corrected chi connectivity index (χ3v) is 4.97. The Kier molecular flexibility index (Phi) is 3.19. The third-order valence-electron chi connectivity index (χ3n) is 4.97. The molecule has 114 valence electrons. The number of amides is 1. The molecule has 5 nitrogen and oxygen atoms in total. The molecule has 0 unspecified atom stereocenters. The molecular weight excluding hydrogens is 271 g/mol. The Morgan fingerprint density at radius 3 is 2.76 bits per heavy atom. The van der Waals surface area contributed by atoms with E-state index in [4.69, 9.17) is 0 Å². The summed E-state index contributed by atoms with van der Waals surface area (Å²) in [5.41, 5.74) is 0. The smallest absolute Gasteiger partial charge is 0.222 e. The average molecular weight is 292 g/mol. The summed E-state index contributed by atoms with van der Waals surface area (Å²) in [7, 11) is 0. The number of hydrogen-bond acceptors (Lipinski definition) is 3. The number of hydrogen-bond donors (Lipinski definition) is 1. The highest BCUT2D eigenvalue weighted by molar-refractivity contribution is 5.77. The summed E-state index contributed by atoms with van der Waals surface area (Å²) in [6.07, 6.45) is 5.28. The Morgan fingerprint density at radius 2 is 2.10 bits per heavy atom. The molecule has 1 N–H and O–H groups in total. The fourth-order valence-corrected chi connectivity index (χ4v) is 3.22. The molecule has 1 saturated heterocycles. The summed E-state index contributed by atoms with van der Waals surface area (Å²) in [6.45, 7) is 0.697. The quantitative estimate of drug-likeness (QED) is 0.903. The van der Waals surface area contributed by atoms with Crippen LogP contribution in [0.1, 0.15) is 55.6 Å². The molecule has 4 rings (SSSR count). The highest BCUT2D eigenvalue weighted by Gasteiger charge is 2.40. The number of nitrogens with zero attached hydrogens (tertiary/aromatic N) is 3. The van der Waals surface area contributed by atoms with Crippen LogP contribution in [0.15, 0.2) is 0 Å². The van der Waals surface area contributed by atoms with Crippen LogP contribution in [0.2, 0.25) is 0 Å². The van der Waals surface area contributed by atoms with Gasteiger partial charge in [0.1, 0.15) is 5.82 Å². The molecule has 6 heteroatoms. The van der Waals surface area contributed by atoms with Gasteiger partial charge in [0.15, 0.2) is 5.82 Å². The van der Waals surface area contributed by atoms with Crippen molar-refractivity contribution >= 4 is 5.91 Å². The number of aromatic amines is 1. The predicted molar refractivity (Wildman–Crippen MR) is 74.5 cm³/mol. The van der Waals surface area contributed by atoms with E-state index in [-0.39, 0.29) is 17.7 Å². The Hall–Kier alpha value is -1.46. The number of aromatic nitrogens is 3. The van der Waals surface area contributed by atoms with Gasteiger partial charge >= 0.3 is 0 Å². The highest BCUT2D eigenvalue weighted by atomic mass is 19.1. The van der Waals surface area contributed by atoms with Gasteiger partial charge in [-0.1, -0.05) is 0 Å². The molecule has 0 aromatic carbocycles. The molecule has 1 amide bonds. The lowest BCUT2D eigenvalue weighted by atomic mass is 9.97. The molecule has 0 spiro atoms. The van der Waals surface area contributed by atoms with Crippen molar-refractivity contribution in [2.24, 2.45) is 11.8 Å². The van der Waals surface area contributed by atoms with Crippen LogP contribution >= 0.6 is 0 Å². The van der Waals surface area contributed by atoms with Gasteiger partial charge in [-0.3, -0.25) is 14.3 Å². The molecule has 0 radical (unpaired) electrons. The Labute approximate surface area is 123 Å². The zero-order valence-corrected chi connectivity index (χ0v) is 12.1. The van der Waals surface area contributed by atoms with Crippen molar-refractivity contribution in [2.75, 3.05) is 19.8 Å². The molecule has 3 aliphatic rings. The number of carbonyl (C=O) groups excluding carboxylic acids is 1. The summed E-state index contributed by atoms with van der Waals surface area (Å²) >= 11 is 0. The molecular formula is C15H21FN4O. The van der Waals surface area contributed by atoms with Crippen molar-refractivity contribution in [1.82, 2.24) is 20.1 Å². The van der Waals surface area contributed by atoms with E-state index < -0.39 is 6.67 Å². The molecule has 1 aromatic heterocycles. The molecule has 2 atom stereocenters. The minimum atomic E-state index is -0.405. The first-order valence-electron chi connectivity index (χ1n) is 8.00. The Balaban J connectivity index is 1.46. The molecule has 21 heavy (non-hydrogen) atoms. The van der Waals surface area contributed by atoms with Crippen molar-refractivity contribution in [1.29, 1.82) is 0 Å². The lowest BCUT2D eigenvalue weighted by Gasteiger charge is -2.15. The summed E-state index contributed by atoms with van der Waals surface area (Å²) in [6, 6.07) is 0. The summed E-state index contributed by atoms with van der Waals surface area (Å²) in [4.78, 5) is 18.6. The summed E-state index contributed by atoms with van der Waals surface area (Å²) in [5, 5.41) is 7.24. The fourth-order valence-electron chi connectivity index (χ4n) is 3.22. The van der Waals surface area contributed by atoms with Gasteiger partial charge in [-0.15, -0.1) is 0 Å². The topological polar surface area (TPSA) is 61.9 Å². The van der Waals surface area contributed by atoms with Gasteiger partial charge in [-0.05, 0) is 31.6 Å². The number of nitrogens with one attached hydrogen (secondary N) is 1. The maximum absolute atomic E-state index is 13.3. The first kappa shape index (κ1) is 13.2. The summed E-state index contributed by atoms with van der Waals surface area (Å²) in [5.74, 6) is 2.71. The van der Waals surface area contributed by atoms with Crippen LogP contribution in [-0.4, -0.2) is 45.8 Å². The van der Waals surface area contributed by atoms with Crippen molar-refractivity contribution in [2.45, 2.75) is 43.9 Å². The first-order chi connectivity index (χ1) is 10.2. The van der Waals surface area contributed by atoms with Crippen molar-refractivity contribution in [3.63, 3.8) is 0 Å². The summed E-state index contributed by atoms with van der Waals surface area (Å²) < 4.78 is 13.3. The van der Waals surface area contributed by atoms with Crippen LogP contribution in [0.5, 0.6) is 0 Å². The van der Waals surface area contributed by atoms with Gasteiger partial charge in [0.2, 0.25) is 5.91 Å². The SMILES string of the molecule is O=C(CC1CC1)N1C[C@@H](CF)[C@H](c2nc(C3CC3)n[nH]2)C1. The maximum atomic E-state index is 13.3. The molecule has 1 aromatic rings. The Bertz CT molecular complexity index is 538. The normalized spacial score (nSPS) is 29.1. The number of alkyl halides is 1. The van der Waals surface area contributed by atoms with Gasteiger partial charge in [-0.25, -0.2) is 4.98 Å². The van der Waals surface area contributed by atoms with Crippen molar-refractivity contribution in [3.05, 3.63) is 11.6 Å². The number of rotatable bonds is 5. The average Bonchev–Trinajstić information content (AvgIpc) is 3.40. The van der Waals surface area contributed by atoms with Crippen LogP contribution in [-0.2, 0) is 4.79 Å². The zero-order valence-electron chi connectivity index (χ0n) is 12.1. The van der Waals surface area contributed by atoms with Crippen molar-refractivity contribution in [3.8, 4) is 0 Å². The minimum absolute atomic E-state index is 0.0295. The lowest BCUT2D eigenvalue weighted by molar-refractivity contribution is -0.130. The van der Waals surface area contributed by atoms with E-state index in [0.717, 1.165) is 24.5 Å². The lowest BCUT2D eigenvalue weighted by Crippen LogP contribution is -2.29. The van der Waals surface area contributed by atoms with Crippen LogP contribution in [0.4, 0.5) is 4.39 Å². The Morgan fingerprint density at radius 1 is 1.29 bits per heavy atom. The zero-order chi connectivity index (χ0) is 14.4. The molecule has 2 aliphatic carbocycles. The third kappa shape index (κ3) is 2.68. The molecule has 0 bridgehead atoms. The fraction of sp³-hybridized carbons (Fsp3) is 0.800. The van der Waals surface area contributed by atoms with Gasteiger partial charge < -0.3 is 4.90 Å². The van der Waals surface area contributed by atoms with Crippen LogP contribution in [0.3, 0.4) is 0 Å². The maximum Gasteiger partial charge on any atom is 0.222 e. The van der Waals surface area contributed by atoms with E-state index in [9.17, 15) is 9.18 Å². The van der Waals surface area contributed by atoms with E-state index in [2.05, 4.69) is 15.2 Å². The minimum Gasteiger partial charge on any atom is -0.342 e. The van der Waals surface area contributed by atoms with E-state index in [1.807, 2.05) is 4.90 Å². The second-order valence-electron chi connectivity index (χ2n) is 6.82. The van der Waals surface area contributed by atoms with E-state index in [1.54, 1.807) is 0 Å². The van der Waals surface area contributed by atoms with Gasteiger partial charge in [0.25, 0.3) is 0 Å². The van der Waals surface area contributed by atoms with Crippen LogP contribution in [0, 0.1) is 11.8 Å².